The molecule has 1 heterocycles. The minimum Gasteiger partial charge on any atom is -0.615 e. The average Bonchev–Trinajstić information content (AvgIpc) is 2.66. The lowest BCUT2D eigenvalue weighted by Crippen LogP contribution is -2.21. The number of rotatable bonds is 0. The Morgan fingerprint density at radius 3 is 1.42 bits per heavy atom. The highest BCUT2D eigenvalue weighted by molar-refractivity contribution is 6.21. The quantitative estimate of drug-likeness (QED) is 0.497. The largest absolute Gasteiger partial charge is 0.881 e. The Balaban J connectivity index is 2.10. The lowest BCUT2D eigenvalue weighted by Gasteiger charge is -2.27. The first-order chi connectivity index (χ1) is 14.5. The summed E-state index contributed by atoms with van der Waals surface area (Å²) < 4.78 is 12.8. The fourth-order valence-electron chi connectivity index (χ4n) is 3.73. The topological polar surface area (TPSA) is 43.2 Å². The van der Waals surface area contributed by atoms with E-state index < -0.39 is 15.9 Å². The Hall–Kier alpha value is -2.09. The third-order valence-corrected chi connectivity index (χ3v) is 5.95. The van der Waals surface area contributed by atoms with Crippen LogP contribution in [0.5, 0.6) is 11.5 Å². The zero-order valence-corrected chi connectivity index (χ0v) is 21.3. The Kier molecular flexibility index (Phi) is 6.99. The number of aryl methyl sites for hydroxylation is 2. The van der Waals surface area contributed by atoms with Crippen molar-refractivity contribution in [3.05, 3.63) is 57.6 Å². The summed E-state index contributed by atoms with van der Waals surface area (Å²) in [5.41, 5.74) is 6.67. The van der Waals surface area contributed by atoms with E-state index in [1.54, 1.807) is 0 Å². The van der Waals surface area contributed by atoms with E-state index in [9.17, 15) is 0 Å². The summed E-state index contributed by atoms with van der Waals surface area (Å²) in [6.45, 7) is 18.8. The van der Waals surface area contributed by atoms with Gasteiger partial charge in [-0.05, 0) is 59.1 Å². The van der Waals surface area contributed by atoms with E-state index in [0.717, 1.165) is 22.6 Å². The fraction of sp³-hybridized carbons (Fsp3) is 0.462. The summed E-state index contributed by atoms with van der Waals surface area (Å²) >= 11 is -0.759. The number of fused-ring (bicyclic) bond motifs is 2. The van der Waals surface area contributed by atoms with Crippen molar-refractivity contribution in [2.24, 2.45) is 9.98 Å². The predicted molar refractivity (Wildman–Crippen MR) is 132 cm³/mol. The van der Waals surface area contributed by atoms with Crippen molar-refractivity contribution in [3.8, 4) is 11.5 Å². The van der Waals surface area contributed by atoms with Crippen molar-refractivity contribution < 1.29 is 7.58 Å². The minimum atomic E-state index is -0.759. The molecule has 1 aliphatic heterocycles. The summed E-state index contributed by atoms with van der Waals surface area (Å²) in [6.07, 6.45) is 3.84. The van der Waals surface area contributed by atoms with E-state index in [4.69, 9.17) is 7.58 Å². The number of aliphatic imine (C=N–C) groups is 2. The highest BCUT2D eigenvalue weighted by Crippen LogP contribution is 2.37. The van der Waals surface area contributed by atoms with Crippen molar-refractivity contribution in [2.45, 2.75) is 66.2 Å². The molecule has 1 aliphatic rings. The Labute approximate surface area is 194 Å². The van der Waals surface area contributed by atoms with Gasteiger partial charge in [0.2, 0.25) is 0 Å². The maximum absolute atomic E-state index is 6.39. The van der Waals surface area contributed by atoms with Gasteiger partial charge >= 0.3 is 15.9 Å². The van der Waals surface area contributed by atoms with Crippen molar-refractivity contribution in [3.63, 3.8) is 0 Å². The Morgan fingerprint density at radius 1 is 0.677 bits per heavy atom. The van der Waals surface area contributed by atoms with E-state index in [1.165, 1.54) is 22.3 Å². The molecule has 2 aromatic rings. The lowest BCUT2D eigenvalue weighted by atomic mass is 9.84. The van der Waals surface area contributed by atoms with Gasteiger partial charge in [-0.3, -0.25) is 9.98 Å². The van der Waals surface area contributed by atoms with Gasteiger partial charge in [0.05, 0.1) is 24.6 Å². The summed E-state index contributed by atoms with van der Waals surface area (Å²) in [6, 6.07) is 8.69. The molecular formula is C26H34AlN2O2. The summed E-state index contributed by atoms with van der Waals surface area (Å²) in [5.74, 6) is 1.76. The van der Waals surface area contributed by atoms with Gasteiger partial charge in [-0.1, -0.05) is 53.7 Å². The fourth-order valence-corrected chi connectivity index (χ4v) is 4.50. The Bertz CT molecular complexity index is 930. The third-order valence-electron chi connectivity index (χ3n) is 5.29. The molecule has 0 bridgehead atoms. The average molecular weight is 434 g/mol. The monoisotopic (exact) mass is 433 g/mol. The molecule has 0 N–H and O–H groups in total. The molecule has 5 heteroatoms. The van der Waals surface area contributed by atoms with Crippen molar-refractivity contribution in [1.82, 2.24) is 0 Å². The second-order valence-corrected chi connectivity index (χ2v) is 11.0. The van der Waals surface area contributed by atoms with Gasteiger partial charge in [0.15, 0.2) is 0 Å². The molecule has 31 heavy (non-hydrogen) atoms. The number of hydrogen-bond donors (Lipinski definition) is 0. The molecule has 1 radical (unpaired) electrons. The first kappa shape index (κ1) is 23.6. The van der Waals surface area contributed by atoms with Crippen LogP contribution in [0.3, 0.4) is 0 Å². The molecule has 163 valence electrons. The highest BCUT2D eigenvalue weighted by atomic mass is 27.2. The number of benzene rings is 2. The number of nitrogens with zero attached hydrogens (tertiary/aromatic N) is 2. The van der Waals surface area contributed by atoms with E-state index in [0.29, 0.717) is 13.1 Å². The van der Waals surface area contributed by atoms with Gasteiger partial charge in [0.25, 0.3) is 0 Å². The van der Waals surface area contributed by atoms with Gasteiger partial charge in [-0.2, -0.15) is 0 Å². The van der Waals surface area contributed by atoms with Gasteiger partial charge in [-0.15, -0.1) is 0 Å². The summed E-state index contributed by atoms with van der Waals surface area (Å²) in [4.78, 5) is 9.24. The normalized spacial score (nSPS) is 14.7. The molecule has 0 saturated carbocycles. The first-order valence-corrected chi connectivity index (χ1v) is 11.9. The van der Waals surface area contributed by atoms with Gasteiger partial charge in [-0.25, -0.2) is 0 Å². The van der Waals surface area contributed by atoms with E-state index >= 15 is 0 Å². The molecule has 0 saturated heterocycles. The maximum atomic E-state index is 6.39. The van der Waals surface area contributed by atoms with Gasteiger partial charge in [0.1, 0.15) is 0 Å². The Morgan fingerprint density at radius 2 is 1.06 bits per heavy atom. The van der Waals surface area contributed by atoms with Crippen LogP contribution in [0.25, 0.3) is 0 Å². The SMILES string of the molecule is Cc1cc2c(c(C(C)(C)C)c1)[O][Al][O]c1c(cc(C)cc1C(C)(C)C)C=NCCN=C2. The highest BCUT2D eigenvalue weighted by Gasteiger charge is 2.26. The van der Waals surface area contributed by atoms with E-state index in [2.05, 4.69) is 89.6 Å². The lowest BCUT2D eigenvalue weighted by molar-refractivity contribution is 0.434. The zero-order valence-electron chi connectivity index (χ0n) is 20.2. The molecule has 0 aliphatic carbocycles. The first-order valence-electron chi connectivity index (χ1n) is 10.9. The smallest absolute Gasteiger partial charge is 0.615 e. The molecule has 0 aromatic heterocycles. The van der Waals surface area contributed by atoms with Crippen molar-refractivity contribution in [2.75, 3.05) is 13.1 Å². The third kappa shape index (κ3) is 5.79. The number of hydrogen-bond acceptors (Lipinski definition) is 4. The molecule has 0 fully saturated rings. The van der Waals surface area contributed by atoms with Crippen LogP contribution in [0.1, 0.15) is 74.9 Å². The zero-order chi connectivity index (χ0) is 22.8. The molecule has 0 unspecified atom stereocenters. The molecule has 0 atom stereocenters. The molecule has 0 amide bonds. The maximum Gasteiger partial charge on any atom is 0.881 e. The second-order valence-electron chi connectivity index (χ2n) is 10.4. The van der Waals surface area contributed by atoms with Crippen LogP contribution in [0.4, 0.5) is 0 Å². The van der Waals surface area contributed by atoms with Crippen molar-refractivity contribution in [1.29, 1.82) is 0 Å². The van der Waals surface area contributed by atoms with E-state index in [-0.39, 0.29) is 10.8 Å². The van der Waals surface area contributed by atoms with Crippen LogP contribution < -0.4 is 7.58 Å². The van der Waals surface area contributed by atoms with Crippen LogP contribution in [0, 0.1) is 13.8 Å². The van der Waals surface area contributed by atoms with Crippen LogP contribution >= 0.6 is 0 Å². The van der Waals surface area contributed by atoms with Crippen LogP contribution in [0.15, 0.2) is 34.3 Å². The van der Waals surface area contributed by atoms with Gasteiger partial charge < -0.3 is 7.58 Å². The molecular weight excluding hydrogens is 399 g/mol. The van der Waals surface area contributed by atoms with Crippen molar-refractivity contribution >= 4 is 28.3 Å². The van der Waals surface area contributed by atoms with E-state index in [1.807, 2.05) is 12.4 Å². The molecule has 2 aromatic carbocycles. The van der Waals surface area contributed by atoms with Crippen LogP contribution in [-0.2, 0) is 10.8 Å². The predicted octanol–water partition coefficient (Wildman–Crippen LogP) is 5.74. The van der Waals surface area contributed by atoms with Crippen LogP contribution in [-0.4, -0.2) is 41.4 Å². The molecule has 0 spiro atoms. The van der Waals surface area contributed by atoms with Gasteiger partial charge in [0, 0.05) is 23.6 Å². The molecule has 4 nitrogen and oxygen atoms in total. The summed E-state index contributed by atoms with van der Waals surface area (Å²) in [5, 5.41) is 0. The van der Waals surface area contributed by atoms with Crippen LogP contribution in [0.2, 0.25) is 0 Å². The summed E-state index contributed by atoms with van der Waals surface area (Å²) in [7, 11) is 0. The standard InChI is InChI=1S/C26H36N2O2.Al/c1-17-11-19(23(29)21(13-17)25(3,4)5)15-27-9-10-28-16-20-12-18(2)14-22(24(20)30)26(6,7)8;/h11-16,29-30H,9-10H2,1-8H3;/q;+2/p-2. The molecule has 3 rings (SSSR count). The second kappa shape index (κ2) is 9.19. The minimum absolute atomic E-state index is 0.0496.